The van der Waals surface area contributed by atoms with Crippen LogP contribution in [0.1, 0.15) is 26.2 Å². The first-order chi connectivity index (χ1) is 13.9. The largest absolute Gasteiger partial charge is 0.495 e. The second kappa shape index (κ2) is 7.68. The van der Waals surface area contributed by atoms with Gasteiger partial charge in [-0.05, 0) is 31.4 Å². The number of para-hydroxylation sites is 1. The second-order valence-electron chi connectivity index (χ2n) is 7.22. The van der Waals surface area contributed by atoms with Gasteiger partial charge in [-0.15, -0.1) is 0 Å². The van der Waals surface area contributed by atoms with Crippen molar-refractivity contribution in [2.24, 2.45) is 0 Å². The molecule has 1 N–H and O–H groups in total. The number of nitrogens with zero attached hydrogens (tertiary/aromatic N) is 1. The Kier molecular flexibility index (Phi) is 5.23. The Morgan fingerprint density at radius 2 is 2.03 bits per heavy atom. The fourth-order valence-corrected chi connectivity index (χ4v) is 5.69. The fourth-order valence-electron chi connectivity index (χ4n) is 3.94. The number of fused-ring (bicyclic) bond motifs is 3. The average molecular weight is 416 g/mol. The number of benzene rings is 2. The molecule has 1 unspecified atom stereocenters. The summed E-state index contributed by atoms with van der Waals surface area (Å²) in [5, 5.41) is 4.71. The van der Waals surface area contributed by atoms with Crippen LogP contribution in [0.4, 0.5) is 5.69 Å². The summed E-state index contributed by atoms with van der Waals surface area (Å²) in [5.74, 6) is 0.194. The smallest absolute Gasteiger partial charge is 0.242 e. The molecule has 8 heteroatoms. The van der Waals surface area contributed by atoms with E-state index >= 15 is 0 Å². The molecule has 0 spiro atoms. The number of amides is 1. The van der Waals surface area contributed by atoms with E-state index in [2.05, 4.69) is 5.32 Å². The highest BCUT2D eigenvalue weighted by molar-refractivity contribution is 7.89. The lowest BCUT2D eigenvalue weighted by Gasteiger charge is -2.23. The van der Waals surface area contributed by atoms with Gasteiger partial charge in [-0.3, -0.25) is 4.79 Å². The predicted octanol–water partition coefficient (Wildman–Crippen LogP) is 3.74. The minimum Gasteiger partial charge on any atom is -0.495 e. The van der Waals surface area contributed by atoms with Crippen LogP contribution in [0.25, 0.3) is 21.9 Å². The Balaban J connectivity index is 1.66. The van der Waals surface area contributed by atoms with Crippen molar-refractivity contribution in [3.8, 4) is 5.75 Å². The summed E-state index contributed by atoms with van der Waals surface area (Å²) in [5.41, 5.74) is 1.84. The summed E-state index contributed by atoms with van der Waals surface area (Å²) in [6.45, 7) is 2.19. The molecule has 4 rings (SSSR count). The van der Waals surface area contributed by atoms with Crippen LogP contribution in [-0.2, 0) is 14.8 Å². The number of carbonyl (C=O) groups is 1. The Morgan fingerprint density at radius 1 is 1.24 bits per heavy atom. The van der Waals surface area contributed by atoms with Crippen molar-refractivity contribution in [2.75, 3.05) is 24.7 Å². The third-order valence-corrected chi connectivity index (χ3v) is 7.36. The molecule has 1 atom stereocenters. The van der Waals surface area contributed by atoms with Gasteiger partial charge in [0.25, 0.3) is 0 Å². The van der Waals surface area contributed by atoms with E-state index in [1.54, 1.807) is 6.07 Å². The molecule has 1 fully saturated rings. The van der Waals surface area contributed by atoms with Crippen LogP contribution in [0.2, 0.25) is 0 Å². The standard InChI is InChI=1S/C21H24N2O5S/c1-3-11-29(25,26)23-10-6-8-17(23)21(24)22-16-13-19-15(12-20(16)27-2)14-7-4-5-9-18(14)28-19/h4-5,7,9,12-13,17H,3,6,8,10-11H2,1-2H3,(H,22,24). The molecule has 1 aliphatic rings. The van der Waals surface area contributed by atoms with Crippen molar-refractivity contribution in [2.45, 2.75) is 32.2 Å². The molecule has 1 saturated heterocycles. The summed E-state index contributed by atoms with van der Waals surface area (Å²) in [4.78, 5) is 12.9. The maximum Gasteiger partial charge on any atom is 0.242 e. The Morgan fingerprint density at radius 3 is 2.79 bits per heavy atom. The van der Waals surface area contributed by atoms with Gasteiger partial charge >= 0.3 is 0 Å². The van der Waals surface area contributed by atoms with E-state index in [1.807, 2.05) is 37.3 Å². The zero-order valence-electron chi connectivity index (χ0n) is 16.5. The second-order valence-corrected chi connectivity index (χ2v) is 9.26. The summed E-state index contributed by atoms with van der Waals surface area (Å²) in [6, 6.07) is 10.5. The lowest BCUT2D eigenvalue weighted by Crippen LogP contribution is -2.44. The first kappa shape index (κ1) is 19.7. The van der Waals surface area contributed by atoms with Crippen LogP contribution >= 0.6 is 0 Å². The number of methoxy groups -OCH3 is 1. The SMILES string of the molecule is CCCS(=O)(=O)N1CCCC1C(=O)Nc1cc2oc3ccccc3c2cc1OC. The van der Waals surface area contributed by atoms with Gasteiger partial charge in [-0.25, -0.2) is 8.42 Å². The lowest BCUT2D eigenvalue weighted by atomic mass is 10.1. The van der Waals surface area contributed by atoms with E-state index < -0.39 is 16.1 Å². The van der Waals surface area contributed by atoms with Crippen LogP contribution in [0.5, 0.6) is 5.75 Å². The monoisotopic (exact) mass is 416 g/mol. The number of hydrogen-bond acceptors (Lipinski definition) is 5. The molecule has 1 amide bonds. The third kappa shape index (κ3) is 3.58. The Bertz CT molecular complexity index is 1170. The van der Waals surface area contributed by atoms with Crippen molar-refractivity contribution < 1.29 is 22.4 Å². The van der Waals surface area contributed by atoms with E-state index in [-0.39, 0.29) is 11.7 Å². The first-order valence-electron chi connectivity index (χ1n) is 9.74. The van der Waals surface area contributed by atoms with Gasteiger partial charge in [0, 0.05) is 23.4 Å². The minimum atomic E-state index is -3.44. The number of furan rings is 1. The molecule has 154 valence electrons. The molecule has 2 aromatic carbocycles. The summed E-state index contributed by atoms with van der Waals surface area (Å²) < 4.78 is 37.7. The van der Waals surface area contributed by atoms with Gasteiger partial charge < -0.3 is 14.5 Å². The van der Waals surface area contributed by atoms with E-state index in [9.17, 15) is 13.2 Å². The molecular weight excluding hydrogens is 392 g/mol. The summed E-state index contributed by atoms with van der Waals surface area (Å²) in [7, 11) is -1.91. The van der Waals surface area contributed by atoms with Gasteiger partial charge in [0.2, 0.25) is 15.9 Å². The number of ether oxygens (including phenoxy) is 1. The van der Waals surface area contributed by atoms with E-state index in [1.165, 1.54) is 11.4 Å². The quantitative estimate of drug-likeness (QED) is 0.661. The summed E-state index contributed by atoms with van der Waals surface area (Å²) in [6.07, 6.45) is 1.69. The third-order valence-electron chi connectivity index (χ3n) is 5.28. The molecule has 0 saturated carbocycles. The van der Waals surface area contributed by atoms with E-state index in [0.717, 1.165) is 16.4 Å². The zero-order valence-corrected chi connectivity index (χ0v) is 17.3. The van der Waals surface area contributed by atoms with Crippen molar-refractivity contribution in [1.82, 2.24) is 4.31 Å². The van der Waals surface area contributed by atoms with Crippen LogP contribution in [-0.4, -0.2) is 44.1 Å². The number of anilines is 1. The highest BCUT2D eigenvalue weighted by Gasteiger charge is 2.38. The van der Waals surface area contributed by atoms with Crippen molar-refractivity contribution in [3.05, 3.63) is 36.4 Å². The number of rotatable bonds is 6. The average Bonchev–Trinajstić information content (AvgIpc) is 3.32. The van der Waals surface area contributed by atoms with Crippen molar-refractivity contribution in [1.29, 1.82) is 0 Å². The highest BCUT2D eigenvalue weighted by Crippen LogP contribution is 2.36. The Labute approximate surface area is 169 Å². The molecule has 1 aliphatic heterocycles. The number of carbonyl (C=O) groups excluding carboxylic acids is 1. The van der Waals surface area contributed by atoms with Crippen molar-refractivity contribution >= 4 is 43.6 Å². The molecule has 2 heterocycles. The zero-order chi connectivity index (χ0) is 20.6. The predicted molar refractivity (Wildman–Crippen MR) is 113 cm³/mol. The summed E-state index contributed by atoms with van der Waals surface area (Å²) >= 11 is 0. The molecule has 29 heavy (non-hydrogen) atoms. The fraction of sp³-hybridized carbons (Fsp3) is 0.381. The van der Waals surface area contributed by atoms with Crippen LogP contribution in [0, 0.1) is 0 Å². The van der Waals surface area contributed by atoms with E-state index in [4.69, 9.17) is 9.15 Å². The first-order valence-corrected chi connectivity index (χ1v) is 11.3. The number of sulfonamides is 1. The Hall–Kier alpha value is -2.58. The van der Waals surface area contributed by atoms with Gasteiger partial charge in [0.05, 0.1) is 18.6 Å². The van der Waals surface area contributed by atoms with Gasteiger partial charge in [0.15, 0.2) is 0 Å². The molecule has 3 aromatic rings. The maximum absolute atomic E-state index is 12.9. The molecule has 0 radical (unpaired) electrons. The topological polar surface area (TPSA) is 88.9 Å². The molecule has 7 nitrogen and oxygen atoms in total. The van der Waals surface area contributed by atoms with Crippen LogP contribution in [0.15, 0.2) is 40.8 Å². The van der Waals surface area contributed by atoms with Crippen LogP contribution < -0.4 is 10.1 Å². The van der Waals surface area contributed by atoms with E-state index in [0.29, 0.717) is 42.8 Å². The van der Waals surface area contributed by atoms with Crippen LogP contribution in [0.3, 0.4) is 0 Å². The number of nitrogens with one attached hydrogen (secondary N) is 1. The molecule has 1 aromatic heterocycles. The normalized spacial score (nSPS) is 17.8. The van der Waals surface area contributed by atoms with Gasteiger partial charge in [-0.2, -0.15) is 4.31 Å². The highest BCUT2D eigenvalue weighted by atomic mass is 32.2. The lowest BCUT2D eigenvalue weighted by molar-refractivity contribution is -0.119. The van der Waals surface area contributed by atoms with Gasteiger partial charge in [-0.1, -0.05) is 25.1 Å². The molecule has 0 bridgehead atoms. The maximum atomic E-state index is 12.9. The minimum absolute atomic E-state index is 0.0467. The van der Waals surface area contributed by atoms with Crippen molar-refractivity contribution in [3.63, 3.8) is 0 Å². The molecule has 0 aliphatic carbocycles. The van der Waals surface area contributed by atoms with Gasteiger partial charge in [0.1, 0.15) is 23.0 Å². The molecular formula is C21H24N2O5S. The number of hydrogen-bond donors (Lipinski definition) is 1.